The zero-order valence-corrected chi connectivity index (χ0v) is 16.2. The zero-order chi connectivity index (χ0) is 19.6. The Labute approximate surface area is 163 Å². The second kappa shape index (κ2) is 8.17. The smallest absolute Gasteiger partial charge is 0.409 e. The van der Waals surface area contributed by atoms with Crippen LogP contribution in [-0.2, 0) is 14.3 Å². The molecule has 0 saturated carbocycles. The summed E-state index contributed by atoms with van der Waals surface area (Å²) in [5.41, 5.74) is 0.843. The van der Waals surface area contributed by atoms with Crippen LogP contribution in [0.3, 0.4) is 0 Å². The number of hydrogen-bond acceptors (Lipinski definition) is 4. The van der Waals surface area contributed by atoms with Crippen LogP contribution in [0.4, 0.5) is 4.79 Å². The van der Waals surface area contributed by atoms with E-state index in [0.717, 1.165) is 5.56 Å². The summed E-state index contributed by atoms with van der Waals surface area (Å²) < 4.78 is 5.00. The highest BCUT2D eigenvalue weighted by atomic mass is 35.5. The first-order valence-electron chi connectivity index (χ1n) is 9.14. The molecule has 0 bridgehead atoms. The number of nitrogens with one attached hydrogen (secondary N) is 1. The summed E-state index contributed by atoms with van der Waals surface area (Å²) in [6.07, 6.45) is 0.471. The van der Waals surface area contributed by atoms with Crippen molar-refractivity contribution in [3.8, 4) is 0 Å². The van der Waals surface area contributed by atoms with Crippen LogP contribution in [0.15, 0.2) is 24.3 Å². The predicted octanol–water partition coefficient (Wildman–Crippen LogP) is 2.21. The number of amides is 3. The third-order valence-electron chi connectivity index (χ3n) is 5.17. The molecule has 3 amide bonds. The standard InChI is InChI=1S/C19H24ClN3O4/c1-3-27-19(26)23-8-7-14(11-23)21-18(25)15-10-16(24)22(2)17(15)12-5-4-6-13(20)9-12/h4-6,9,14-15,17H,3,7-8,10-11H2,1-2H3,(H,21,25)/t14-,15-,17-/m0/s1. The summed E-state index contributed by atoms with van der Waals surface area (Å²) in [5, 5.41) is 3.57. The van der Waals surface area contributed by atoms with Crippen molar-refractivity contribution in [3.05, 3.63) is 34.9 Å². The predicted molar refractivity (Wildman–Crippen MR) is 100 cm³/mol. The molecule has 146 valence electrons. The van der Waals surface area contributed by atoms with Gasteiger partial charge in [-0.1, -0.05) is 23.7 Å². The van der Waals surface area contributed by atoms with Gasteiger partial charge in [-0.15, -0.1) is 0 Å². The van der Waals surface area contributed by atoms with Gasteiger partial charge in [-0.25, -0.2) is 4.79 Å². The molecular formula is C19H24ClN3O4. The Bertz CT molecular complexity index is 741. The van der Waals surface area contributed by atoms with Crippen molar-refractivity contribution in [1.82, 2.24) is 15.1 Å². The van der Waals surface area contributed by atoms with Crippen LogP contribution in [0.1, 0.15) is 31.4 Å². The molecule has 2 aliphatic heterocycles. The normalized spacial score (nSPS) is 25.0. The largest absolute Gasteiger partial charge is 0.450 e. The molecule has 0 unspecified atom stereocenters. The number of likely N-dealkylation sites (tertiary alicyclic amines) is 2. The van der Waals surface area contributed by atoms with Crippen molar-refractivity contribution in [2.75, 3.05) is 26.7 Å². The van der Waals surface area contributed by atoms with Gasteiger partial charge >= 0.3 is 6.09 Å². The lowest BCUT2D eigenvalue weighted by atomic mass is 9.92. The molecule has 2 aliphatic rings. The average molecular weight is 394 g/mol. The Balaban J connectivity index is 1.68. The summed E-state index contributed by atoms with van der Waals surface area (Å²) in [6.45, 7) is 3.05. The number of carbonyl (C=O) groups excluding carboxylic acids is 3. The van der Waals surface area contributed by atoms with Crippen molar-refractivity contribution in [3.63, 3.8) is 0 Å². The third-order valence-corrected chi connectivity index (χ3v) is 5.41. The number of carbonyl (C=O) groups is 3. The fourth-order valence-corrected chi connectivity index (χ4v) is 4.02. The minimum Gasteiger partial charge on any atom is -0.450 e. The van der Waals surface area contributed by atoms with Gasteiger partial charge in [0.15, 0.2) is 0 Å². The number of rotatable bonds is 4. The van der Waals surface area contributed by atoms with Crippen molar-refractivity contribution in [1.29, 1.82) is 0 Å². The van der Waals surface area contributed by atoms with Gasteiger partial charge in [-0.3, -0.25) is 9.59 Å². The Hall–Kier alpha value is -2.28. The summed E-state index contributed by atoms with van der Waals surface area (Å²) >= 11 is 6.09. The Morgan fingerprint density at radius 3 is 2.85 bits per heavy atom. The maximum Gasteiger partial charge on any atom is 0.409 e. The van der Waals surface area contributed by atoms with Crippen molar-refractivity contribution >= 4 is 29.5 Å². The molecule has 2 fully saturated rings. The first-order chi connectivity index (χ1) is 12.9. The molecule has 3 rings (SSSR count). The van der Waals surface area contributed by atoms with Gasteiger partial charge in [0.1, 0.15) is 0 Å². The topological polar surface area (TPSA) is 79.0 Å². The lowest BCUT2D eigenvalue weighted by molar-refractivity contribution is -0.128. The van der Waals surface area contributed by atoms with E-state index in [-0.39, 0.29) is 36.4 Å². The fraction of sp³-hybridized carbons (Fsp3) is 0.526. The van der Waals surface area contributed by atoms with E-state index in [1.165, 1.54) is 0 Å². The van der Waals surface area contributed by atoms with Gasteiger partial charge in [-0.2, -0.15) is 0 Å². The molecule has 2 heterocycles. The maximum absolute atomic E-state index is 12.9. The Morgan fingerprint density at radius 2 is 2.15 bits per heavy atom. The molecule has 0 aromatic heterocycles. The van der Waals surface area contributed by atoms with Gasteiger partial charge in [0.2, 0.25) is 11.8 Å². The van der Waals surface area contributed by atoms with Crippen LogP contribution < -0.4 is 5.32 Å². The van der Waals surface area contributed by atoms with E-state index < -0.39 is 5.92 Å². The first-order valence-corrected chi connectivity index (χ1v) is 9.51. The lowest BCUT2D eigenvalue weighted by Crippen LogP contribution is -2.42. The molecule has 3 atom stereocenters. The summed E-state index contributed by atoms with van der Waals surface area (Å²) in [7, 11) is 1.71. The summed E-state index contributed by atoms with van der Waals surface area (Å²) in [5.74, 6) is -0.731. The molecule has 7 nitrogen and oxygen atoms in total. The Kier molecular flexibility index (Phi) is 5.89. The molecule has 2 saturated heterocycles. The van der Waals surface area contributed by atoms with Crippen LogP contribution >= 0.6 is 11.6 Å². The van der Waals surface area contributed by atoms with Gasteiger partial charge < -0.3 is 19.9 Å². The fourth-order valence-electron chi connectivity index (χ4n) is 3.82. The third kappa shape index (κ3) is 4.18. The molecule has 0 radical (unpaired) electrons. The number of ether oxygens (including phenoxy) is 1. The van der Waals surface area contributed by atoms with E-state index in [2.05, 4.69) is 5.32 Å². The molecule has 1 N–H and O–H groups in total. The number of benzene rings is 1. The van der Waals surface area contributed by atoms with Crippen LogP contribution in [0, 0.1) is 5.92 Å². The van der Waals surface area contributed by atoms with E-state index in [9.17, 15) is 14.4 Å². The lowest BCUT2D eigenvalue weighted by Gasteiger charge is -2.26. The van der Waals surface area contributed by atoms with E-state index in [4.69, 9.17) is 16.3 Å². The van der Waals surface area contributed by atoms with Gasteiger partial charge in [-0.05, 0) is 31.0 Å². The van der Waals surface area contributed by atoms with E-state index in [1.807, 2.05) is 12.1 Å². The highest BCUT2D eigenvalue weighted by Crippen LogP contribution is 2.38. The van der Waals surface area contributed by atoms with Gasteiger partial charge in [0.05, 0.1) is 18.6 Å². The summed E-state index contributed by atoms with van der Waals surface area (Å²) in [4.78, 5) is 40.2. The second-order valence-corrected chi connectivity index (χ2v) is 7.39. The highest BCUT2D eigenvalue weighted by molar-refractivity contribution is 6.30. The zero-order valence-electron chi connectivity index (χ0n) is 15.5. The molecule has 8 heteroatoms. The van der Waals surface area contributed by atoms with Crippen LogP contribution in [0.2, 0.25) is 5.02 Å². The monoisotopic (exact) mass is 393 g/mol. The molecule has 27 heavy (non-hydrogen) atoms. The average Bonchev–Trinajstić information content (AvgIpc) is 3.20. The minimum absolute atomic E-state index is 0.0697. The summed E-state index contributed by atoms with van der Waals surface area (Å²) in [6, 6.07) is 6.77. The second-order valence-electron chi connectivity index (χ2n) is 6.95. The molecule has 1 aromatic carbocycles. The van der Waals surface area contributed by atoms with E-state index in [1.54, 1.807) is 35.9 Å². The molecule has 0 spiro atoms. The highest BCUT2D eigenvalue weighted by Gasteiger charge is 2.43. The number of hydrogen-bond donors (Lipinski definition) is 1. The van der Waals surface area contributed by atoms with Crippen LogP contribution in [-0.4, -0.2) is 60.5 Å². The number of nitrogens with zero attached hydrogens (tertiary/aromatic N) is 2. The van der Waals surface area contributed by atoms with Crippen LogP contribution in [0.25, 0.3) is 0 Å². The van der Waals surface area contributed by atoms with Gasteiger partial charge in [0.25, 0.3) is 0 Å². The van der Waals surface area contributed by atoms with Crippen molar-refractivity contribution in [2.45, 2.75) is 31.8 Å². The van der Waals surface area contributed by atoms with E-state index in [0.29, 0.717) is 31.1 Å². The molecule has 0 aliphatic carbocycles. The first kappa shape index (κ1) is 19.5. The van der Waals surface area contributed by atoms with Crippen LogP contribution in [0.5, 0.6) is 0 Å². The van der Waals surface area contributed by atoms with Crippen molar-refractivity contribution < 1.29 is 19.1 Å². The van der Waals surface area contributed by atoms with Gasteiger partial charge in [0, 0.05) is 37.6 Å². The Morgan fingerprint density at radius 1 is 1.37 bits per heavy atom. The minimum atomic E-state index is -0.488. The molecule has 1 aromatic rings. The number of halogens is 1. The van der Waals surface area contributed by atoms with Crippen molar-refractivity contribution in [2.24, 2.45) is 5.92 Å². The van der Waals surface area contributed by atoms with E-state index >= 15 is 0 Å². The molecular weight excluding hydrogens is 370 g/mol. The SMILES string of the molecule is CCOC(=O)N1CC[C@H](NC(=O)[C@H]2CC(=O)N(C)[C@H]2c2cccc(Cl)c2)C1. The quantitative estimate of drug-likeness (QED) is 0.850. The maximum atomic E-state index is 12.9.